The van der Waals surface area contributed by atoms with Gasteiger partial charge in [0.1, 0.15) is 0 Å². The molecular formula is C17H26O2. The normalized spacial score (nSPS) is 31.4. The second-order valence-electron chi connectivity index (χ2n) is 6.11. The lowest BCUT2D eigenvalue weighted by atomic mass is 9.71. The van der Waals surface area contributed by atoms with E-state index in [0.29, 0.717) is 12.5 Å². The summed E-state index contributed by atoms with van der Waals surface area (Å²) in [6.07, 6.45) is 7.17. The minimum absolute atomic E-state index is 0.158. The molecule has 0 saturated heterocycles. The first kappa shape index (κ1) is 14.4. The van der Waals surface area contributed by atoms with E-state index in [2.05, 4.69) is 19.9 Å². The Bertz CT molecular complexity index is 417. The molecule has 0 bridgehead atoms. The second-order valence-corrected chi connectivity index (χ2v) is 6.11. The van der Waals surface area contributed by atoms with Gasteiger partial charge < -0.3 is 4.74 Å². The van der Waals surface area contributed by atoms with Gasteiger partial charge in [0.05, 0.1) is 6.61 Å². The van der Waals surface area contributed by atoms with Crippen molar-refractivity contribution in [1.82, 2.24) is 0 Å². The molecule has 2 nitrogen and oxygen atoms in total. The fourth-order valence-corrected chi connectivity index (χ4v) is 3.76. The number of hydrogen-bond acceptors (Lipinski definition) is 2. The van der Waals surface area contributed by atoms with E-state index in [1.807, 2.05) is 13.8 Å². The highest BCUT2D eigenvalue weighted by Gasteiger charge is 2.36. The van der Waals surface area contributed by atoms with E-state index in [4.69, 9.17) is 4.74 Å². The maximum absolute atomic E-state index is 11.7. The molecule has 0 aliphatic heterocycles. The second kappa shape index (κ2) is 5.94. The molecule has 0 unspecified atom stereocenters. The molecule has 2 rings (SSSR count). The molecule has 0 amide bonds. The Labute approximate surface area is 116 Å². The summed E-state index contributed by atoms with van der Waals surface area (Å²) >= 11 is 0. The van der Waals surface area contributed by atoms with Crippen LogP contribution >= 0.6 is 0 Å². The van der Waals surface area contributed by atoms with Gasteiger partial charge >= 0.3 is 5.97 Å². The van der Waals surface area contributed by atoms with Crippen LogP contribution in [0.15, 0.2) is 22.8 Å². The zero-order valence-electron chi connectivity index (χ0n) is 12.7. The average Bonchev–Trinajstić information content (AvgIpc) is 2.76. The molecule has 0 N–H and O–H groups in total. The minimum Gasteiger partial charge on any atom is -0.463 e. The highest BCUT2D eigenvalue weighted by Crippen LogP contribution is 2.48. The zero-order chi connectivity index (χ0) is 14.0. The predicted octanol–water partition coefficient (Wildman–Crippen LogP) is 4.27. The van der Waals surface area contributed by atoms with Crippen molar-refractivity contribution < 1.29 is 9.53 Å². The van der Waals surface area contributed by atoms with E-state index in [1.165, 1.54) is 25.7 Å². The highest BCUT2D eigenvalue weighted by atomic mass is 16.5. The fraction of sp³-hybridized carbons (Fsp3) is 0.706. The molecular weight excluding hydrogens is 236 g/mol. The standard InChI is InChI=1S/C17H26O2/c1-5-19-17(18)13(4)10-14-8-6-11(2)15-9-7-12(3)16(14)15/h10-11,14-15H,5-9H2,1-4H3/b13-10+/t11-,14+,15-/m1/s1. The molecule has 0 spiro atoms. The molecule has 2 aliphatic rings. The number of rotatable bonds is 3. The highest BCUT2D eigenvalue weighted by molar-refractivity contribution is 5.87. The van der Waals surface area contributed by atoms with Gasteiger partial charge in [0.15, 0.2) is 0 Å². The van der Waals surface area contributed by atoms with Crippen LogP contribution in [0, 0.1) is 17.8 Å². The van der Waals surface area contributed by atoms with Crippen LogP contribution in [0.5, 0.6) is 0 Å². The first-order chi connectivity index (χ1) is 9.04. The molecule has 1 fully saturated rings. The number of hydrogen-bond donors (Lipinski definition) is 0. The predicted molar refractivity (Wildman–Crippen MR) is 77.7 cm³/mol. The molecule has 2 heteroatoms. The molecule has 0 radical (unpaired) electrons. The summed E-state index contributed by atoms with van der Waals surface area (Å²) in [5.41, 5.74) is 3.96. The molecule has 106 valence electrons. The van der Waals surface area contributed by atoms with Crippen LogP contribution in [0.2, 0.25) is 0 Å². The van der Waals surface area contributed by atoms with Crippen molar-refractivity contribution in [2.45, 2.75) is 53.4 Å². The average molecular weight is 262 g/mol. The van der Waals surface area contributed by atoms with Gasteiger partial charge in [-0.25, -0.2) is 4.79 Å². The van der Waals surface area contributed by atoms with E-state index >= 15 is 0 Å². The van der Waals surface area contributed by atoms with E-state index in [0.717, 1.165) is 17.4 Å². The van der Waals surface area contributed by atoms with Gasteiger partial charge in [-0.15, -0.1) is 0 Å². The molecule has 19 heavy (non-hydrogen) atoms. The minimum atomic E-state index is -0.158. The third kappa shape index (κ3) is 2.93. The Balaban J connectivity index is 2.18. The number of esters is 1. The van der Waals surface area contributed by atoms with E-state index < -0.39 is 0 Å². The molecule has 2 aliphatic carbocycles. The van der Waals surface area contributed by atoms with Crippen LogP contribution in [0.1, 0.15) is 53.4 Å². The van der Waals surface area contributed by atoms with Gasteiger partial charge in [0.25, 0.3) is 0 Å². The molecule has 0 aromatic rings. The van der Waals surface area contributed by atoms with Gasteiger partial charge in [-0.05, 0) is 64.2 Å². The molecule has 1 saturated carbocycles. The smallest absolute Gasteiger partial charge is 0.333 e. The van der Waals surface area contributed by atoms with E-state index in [9.17, 15) is 4.79 Å². The first-order valence-electron chi connectivity index (χ1n) is 7.59. The van der Waals surface area contributed by atoms with Crippen LogP contribution in [0.4, 0.5) is 0 Å². The molecule has 0 heterocycles. The van der Waals surface area contributed by atoms with Crippen molar-refractivity contribution in [3.05, 3.63) is 22.8 Å². The van der Waals surface area contributed by atoms with Crippen LogP contribution in [-0.2, 0) is 9.53 Å². The van der Waals surface area contributed by atoms with Gasteiger partial charge in [-0.3, -0.25) is 0 Å². The number of ether oxygens (including phenoxy) is 1. The molecule has 0 aromatic carbocycles. The van der Waals surface area contributed by atoms with Crippen molar-refractivity contribution >= 4 is 5.97 Å². The van der Waals surface area contributed by atoms with Crippen LogP contribution < -0.4 is 0 Å². The maximum Gasteiger partial charge on any atom is 0.333 e. The van der Waals surface area contributed by atoms with Gasteiger partial charge in [-0.2, -0.15) is 0 Å². The Morgan fingerprint density at radius 1 is 1.37 bits per heavy atom. The monoisotopic (exact) mass is 262 g/mol. The fourth-order valence-electron chi connectivity index (χ4n) is 3.76. The van der Waals surface area contributed by atoms with Crippen molar-refractivity contribution in [2.75, 3.05) is 6.61 Å². The maximum atomic E-state index is 11.7. The SMILES string of the molecule is CCOC(=O)/C(C)=C/[C@@H]1CC[C@@H](C)[C@H]2CCC(C)=C12. The quantitative estimate of drug-likeness (QED) is 0.431. The number of carbonyl (C=O) groups excluding carboxylic acids is 1. The van der Waals surface area contributed by atoms with Crippen molar-refractivity contribution in [3.8, 4) is 0 Å². The van der Waals surface area contributed by atoms with Crippen molar-refractivity contribution in [3.63, 3.8) is 0 Å². The lowest BCUT2D eigenvalue weighted by Gasteiger charge is -2.34. The number of carbonyl (C=O) groups is 1. The summed E-state index contributed by atoms with van der Waals surface area (Å²) in [6.45, 7) is 8.84. The van der Waals surface area contributed by atoms with Gasteiger partial charge in [0.2, 0.25) is 0 Å². The summed E-state index contributed by atoms with van der Waals surface area (Å²) in [5.74, 6) is 1.87. The zero-order valence-corrected chi connectivity index (χ0v) is 12.7. The topological polar surface area (TPSA) is 26.3 Å². The molecule has 3 atom stereocenters. The van der Waals surface area contributed by atoms with E-state index in [-0.39, 0.29) is 5.97 Å². The summed E-state index contributed by atoms with van der Waals surface area (Å²) in [6, 6.07) is 0. The lowest BCUT2D eigenvalue weighted by molar-refractivity contribution is -0.138. The third-order valence-electron chi connectivity index (χ3n) is 4.79. The van der Waals surface area contributed by atoms with E-state index in [1.54, 1.807) is 11.1 Å². The van der Waals surface area contributed by atoms with Crippen LogP contribution in [0.25, 0.3) is 0 Å². The van der Waals surface area contributed by atoms with Crippen LogP contribution in [-0.4, -0.2) is 12.6 Å². The van der Waals surface area contributed by atoms with Gasteiger partial charge in [-0.1, -0.05) is 24.1 Å². The first-order valence-corrected chi connectivity index (χ1v) is 7.59. The third-order valence-corrected chi connectivity index (χ3v) is 4.79. The number of fused-ring (bicyclic) bond motifs is 1. The Hall–Kier alpha value is -1.05. The largest absolute Gasteiger partial charge is 0.463 e. The lowest BCUT2D eigenvalue weighted by Crippen LogP contribution is -2.23. The molecule has 0 aromatic heterocycles. The Kier molecular flexibility index (Phi) is 4.49. The summed E-state index contributed by atoms with van der Waals surface area (Å²) < 4.78 is 5.08. The van der Waals surface area contributed by atoms with Crippen molar-refractivity contribution in [2.24, 2.45) is 17.8 Å². The summed E-state index contributed by atoms with van der Waals surface area (Å²) in [4.78, 5) is 11.7. The summed E-state index contributed by atoms with van der Waals surface area (Å²) in [5, 5.41) is 0. The van der Waals surface area contributed by atoms with Gasteiger partial charge in [0, 0.05) is 5.57 Å². The van der Waals surface area contributed by atoms with Crippen molar-refractivity contribution in [1.29, 1.82) is 0 Å². The summed E-state index contributed by atoms with van der Waals surface area (Å²) in [7, 11) is 0. The number of allylic oxidation sites excluding steroid dienone is 3. The Morgan fingerprint density at radius 2 is 2.11 bits per heavy atom. The Morgan fingerprint density at radius 3 is 2.79 bits per heavy atom. The van der Waals surface area contributed by atoms with Crippen LogP contribution in [0.3, 0.4) is 0 Å².